The van der Waals surface area contributed by atoms with E-state index in [0.29, 0.717) is 17.1 Å². The maximum Gasteiger partial charge on any atom is 0.348 e. The van der Waals surface area contributed by atoms with E-state index in [9.17, 15) is 9.90 Å². The fraction of sp³-hybridized carbons (Fsp3) is 0.412. The highest BCUT2D eigenvalue weighted by Crippen LogP contribution is 2.29. The zero-order valence-corrected chi connectivity index (χ0v) is 14.1. The molecule has 22 heavy (non-hydrogen) atoms. The molecule has 0 aliphatic rings. The van der Waals surface area contributed by atoms with Crippen molar-refractivity contribution in [3.63, 3.8) is 0 Å². The second kappa shape index (κ2) is 7.51. The molecule has 1 heterocycles. The molecule has 0 radical (unpaired) electrons. The number of carboxylic acids is 1. The van der Waals surface area contributed by atoms with E-state index in [1.54, 1.807) is 0 Å². The maximum atomic E-state index is 11.5. The molecule has 0 aliphatic heterocycles. The van der Waals surface area contributed by atoms with Gasteiger partial charge in [0.25, 0.3) is 0 Å². The van der Waals surface area contributed by atoms with E-state index in [1.165, 1.54) is 11.3 Å². The van der Waals surface area contributed by atoms with Crippen molar-refractivity contribution in [3.8, 4) is 11.3 Å². The van der Waals surface area contributed by atoms with Crippen LogP contribution in [0.1, 0.15) is 40.0 Å². The van der Waals surface area contributed by atoms with Crippen LogP contribution in [0.4, 0.5) is 0 Å². The first kappa shape index (κ1) is 16.6. The van der Waals surface area contributed by atoms with Crippen molar-refractivity contribution in [2.45, 2.75) is 33.2 Å². The Balaban J connectivity index is 2.26. The van der Waals surface area contributed by atoms with Crippen molar-refractivity contribution in [2.75, 3.05) is 13.6 Å². The van der Waals surface area contributed by atoms with Crippen LogP contribution < -0.4 is 0 Å². The van der Waals surface area contributed by atoms with Crippen LogP contribution in [0.3, 0.4) is 0 Å². The van der Waals surface area contributed by atoms with Crippen molar-refractivity contribution in [2.24, 2.45) is 0 Å². The first-order chi connectivity index (χ1) is 10.5. The molecule has 1 aromatic carbocycles. The van der Waals surface area contributed by atoms with Gasteiger partial charge in [0, 0.05) is 5.56 Å². The van der Waals surface area contributed by atoms with Gasteiger partial charge in [0.1, 0.15) is 9.88 Å². The van der Waals surface area contributed by atoms with Gasteiger partial charge in [-0.15, -0.1) is 11.3 Å². The zero-order chi connectivity index (χ0) is 16.1. The molecule has 5 heteroatoms. The summed E-state index contributed by atoms with van der Waals surface area (Å²) < 4.78 is 0. The fourth-order valence-electron chi connectivity index (χ4n) is 2.22. The summed E-state index contributed by atoms with van der Waals surface area (Å²) >= 11 is 1.28. The summed E-state index contributed by atoms with van der Waals surface area (Å²) in [6.07, 6.45) is 2.29. The molecule has 2 aromatic rings. The predicted octanol–water partition coefficient (Wildman–Crippen LogP) is 4.05. The van der Waals surface area contributed by atoms with Crippen molar-refractivity contribution in [1.29, 1.82) is 0 Å². The van der Waals surface area contributed by atoms with Gasteiger partial charge < -0.3 is 5.11 Å². The van der Waals surface area contributed by atoms with Gasteiger partial charge in [0.2, 0.25) is 0 Å². The molecule has 1 N–H and O–H groups in total. The fourth-order valence-corrected chi connectivity index (χ4v) is 3.23. The minimum Gasteiger partial charge on any atom is -0.477 e. The molecule has 2 rings (SSSR count). The Labute approximate surface area is 135 Å². The first-order valence-corrected chi connectivity index (χ1v) is 8.31. The summed E-state index contributed by atoms with van der Waals surface area (Å²) in [5.41, 5.74) is 2.59. The third-order valence-electron chi connectivity index (χ3n) is 3.49. The average molecular weight is 318 g/mol. The number of benzene rings is 1. The van der Waals surface area contributed by atoms with Gasteiger partial charge in [0.15, 0.2) is 0 Å². The molecule has 4 nitrogen and oxygen atoms in total. The van der Waals surface area contributed by atoms with E-state index in [-0.39, 0.29) is 0 Å². The van der Waals surface area contributed by atoms with E-state index in [0.717, 1.165) is 35.5 Å². The molecule has 0 unspecified atom stereocenters. The summed E-state index contributed by atoms with van der Waals surface area (Å²) in [5, 5.41) is 10.3. The van der Waals surface area contributed by atoms with Crippen LogP contribution in [0.5, 0.6) is 0 Å². The lowest BCUT2D eigenvalue weighted by atomic mass is 10.1. The van der Waals surface area contributed by atoms with Crippen molar-refractivity contribution in [3.05, 3.63) is 39.7 Å². The molecule has 0 fully saturated rings. The van der Waals surface area contributed by atoms with Gasteiger partial charge in [-0.3, -0.25) is 4.90 Å². The number of hydrogen-bond acceptors (Lipinski definition) is 4. The highest BCUT2D eigenvalue weighted by atomic mass is 32.1. The lowest BCUT2D eigenvalue weighted by Crippen LogP contribution is -2.18. The van der Waals surface area contributed by atoms with Crippen LogP contribution in [-0.4, -0.2) is 34.6 Å². The number of aryl methyl sites for hydroxylation is 1. The first-order valence-electron chi connectivity index (χ1n) is 7.49. The Hall–Kier alpha value is -1.72. The molecule has 0 aliphatic carbocycles. The number of hydrogen-bond donors (Lipinski definition) is 1. The number of nitrogens with zero attached hydrogens (tertiary/aromatic N) is 2. The Morgan fingerprint density at radius 2 is 2.00 bits per heavy atom. The van der Waals surface area contributed by atoms with E-state index in [1.807, 2.05) is 38.2 Å². The predicted molar refractivity (Wildman–Crippen MR) is 90.5 cm³/mol. The van der Waals surface area contributed by atoms with Crippen molar-refractivity contribution >= 4 is 17.3 Å². The summed E-state index contributed by atoms with van der Waals surface area (Å²) in [6, 6.07) is 7.82. The molecule has 118 valence electrons. The highest BCUT2D eigenvalue weighted by Gasteiger charge is 2.19. The summed E-state index contributed by atoms with van der Waals surface area (Å²) in [5.74, 6) is -0.907. The maximum absolute atomic E-state index is 11.5. The van der Waals surface area contributed by atoms with Gasteiger partial charge in [-0.2, -0.15) is 0 Å². The number of unbranched alkanes of at least 4 members (excludes halogenated alkanes) is 1. The average Bonchev–Trinajstić information content (AvgIpc) is 2.90. The number of aromatic carboxylic acids is 1. The minimum atomic E-state index is -0.907. The summed E-state index contributed by atoms with van der Waals surface area (Å²) in [4.78, 5) is 18.6. The lowest BCUT2D eigenvalue weighted by molar-refractivity contribution is 0.0702. The molecule has 0 bridgehead atoms. The molecule has 0 spiro atoms. The van der Waals surface area contributed by atoms with Crippen LogP contribution in [-0.2, 0) is 6.54 Å². The largest absolute Gasteiger partial charge is 0.477 e. The third-order valence-corrected chi connectivity index (χ3v) is 4.52. The Morgan fingerprint density at radius 1 is 1.32 bits per heavy atom. The monoisotopic (exact) mass is 318 g/mol. The SMILES string of the molecule is CCCCN(C)Cc1nc(-c2ccc(C)cc2)c(C(=O)O)s1. The van der Waals surface area contributed by atoms with Crippen LogP contribution >= 0.6 is 11.3 Å². The standard InChI is InChI=1S/C17H22N2O2S/c1-4-5-10-19(3)11-14-18-15(16(22-14)17(20)21)13-8-6-12(2)7-9-13/h6-9H,4-5,10-11H2,1-3H3,(H,20,21). The molecule has 0 atom stereocenters. The van der Waals surface area contributed by atoms with E-state index in [2.05, 4.69) is 16.8 Å². The lowest BCUT2D eigenvalue weighted by Gasteiger charge is -2.13. The summed E-state index contributed by atoms with van der Waals surface area (Å²) in [6.45, 7) is 5.86. The number of rotatable bonds is 7. The smallest absolute Gasteiger partial charge is 0.348 e. The number of carboxylic acid groups (broad SMARTS) is 1. The normalized spacial score (nSPS) is 11.1. The van der Waals surface area contributed by atoms with Crippen LogP contribution in [0.25, 0.3) is 11.3 Å². The van der Waals surface area contributed by atoms with Crippen LogP contribution in [0.2, 0.25) is 0 Å². The van der Waals surface area contributed by atoms with E-state index in [4.69, 9.17) is 0 Å². The van der Waals surface area contributed by atoms with Gasteiger partial charge in [-0.25, -0.2) is 9.78 Å². The minimum absolute atomic E-state index is 0.322. The molecule has 0 saturated heterocycles. The number of aromatic nitrogens is 1. The van der Waals surface area contributed by atoms with Gasteiger partial charge in [-0.05, 0) is 26.9 Å². The van der Waals surface area contributed by atoms with Gasteiger partial charge in [-0.1, -0.05) is 43.2 Å². The Kier molecular flexibility index (Phi) is 5.69. The highest BCUT2D eigenvalue weighted by molar-refractivity contribution is 7.14. The second-order valence-corrected chi connectivity index (χ2v) is 6.63. The van der Waals surface area contributed by atoms with Crippen molar-refractivity contribution in [1.82, 2.24) is 9.88 Å². The van der Waals surface area contributed by atoms with E-state index < -0.39 is 5.97 Å². The quantitative estimate of drug-likeness (QED) is 0.837. The Bertz CT molecular complexity index is 635. The topological polar surface area (TPSA) is 53.4 Å². The van der Waals surface area contributed by atoms with Crippen LogP contribution in [0.15, 0.2) is 24.3 Å². The summed E-state index contributed by atoms with van der Waals surface area (Å²) in [7, 11) is 2.04. The molecule has 1 aromatic heterocycles. The van der Waals surface area contributed by atoms with Gasteiger partial charge in [0.05, 0.1) is 12.2 Å². The van der Waals surface area contributed by atoms with Gasteiger partial charge >= 0.3 is 5.97 Å². The third kappa shape index (κ3) is 4.15. The number of thiazole rings is 1. The van der Waals surface area contributed by atoms with Crippen molar-refractivity contribution < 1.29 is 9.90 Å². The second-order valence-electron chi connectivity index (χ2n) is 5.55. The molecular weight excluding hydrogens is 296 g/mol. The molecular formula is C17H22N2O2S. The Morgan fingerprint density at radius 3 is 2.59 bits per heavy atom. The van der Waals surface area contributed by atoms with E-state index >= 15 is 0 Å². The molecule has 0 saturated carbocycles. The number of carbonyl (C=O) groups is 1. The zero-order valence-electron chi connectivity index (χ0n) is 13.3. The molecule has 0 amide bonds. The van der Waals surface area contributed by atoms with Crippen LogP contribution in [0, 0.1) is 6.92 Å².